The topological polar surface area (TPSA) is 86.2 Å². The highest BCUT2D eigenvalue weighted by Gasteiger charge is 2.21. The van der Waals surface area contributed by atoms with E-state index in [1.807, 2.05) is 32.1 Å². The summed E-state index contributed by atoms with van der Waals surface area (Å²) in [5.74, 6) is 0.390. The van der Waals surface area contributed by atoms with Crippen molar-refractivity contribution >= 4 is 17.9 Å². The van der Waals surface area contributed by atoms with E-state index in [-0.39, 0.29) is 17.7 Å². The number of carbonyl (C=O) groups excluding carboxylic acids is 2. The molecule has 1 N–H and O–H groups in total. The minimum Gasteiger partial charge on any atom is -0.493 e. The molecule has 0 aromatic heterocycles. The summed E-state index contributed by atoms with van der Waals surface area (Å²) in [6.07, 6.45) is 2.42. The van der Waals surface area contributed by atoms with Crippen LogP contribution in [0.5, 0.6) is 17.2 Å². The fraction of sp³-hybridized carbons (Fsp3) is 0.348. The van der Waals surface area contributed by atoms with Crippen LogP contribution < -0.4 is 30.1 Å². The van der Waals surface area contributed by atoms with Crippen molar-refractivity contribution in [1.29, 1.82) is 0 Å². The van der Waals surface area contributed by atoms with Gasteiger partial charge in [-0.25, -0.2) is 4.99 Å². The van der Waals surface area contributed by atoms with Crippen LogP contribution >= 0.6 is 0 Å². The minimum atomic E-state index is -0.363. The van der Waals surface area contributed by atoms with Crippen molar-refractivity contribution in [2.45, 2.75) is 20.3 Å². The van der Waals surface area contributed by atoms with Gasteiger partial charge >= 0.3 is 0 Å². The van der Waals surface area contributed by atoms with E-state index in [1.54, 1.807) is 12.1 Å². The quantitative estimate of drug-likeness (QED) is 0.751. The summed E-state index contributed by atoms with van der Waals surface area (Å²) in [7, 11) is 4.49. The van der Waals surface area contributed by atoms with Gasteiger partial charge < -0.3 is 19.5 Å². The standard InChI is InChI=1S/C23H26N2O5/c1-13-6-7-14(2)20-17(13)10-15(23(27)25-20)8-9-24-22(26)16-11-18(28-3)21(30-5)19(12-16)29-4/h6-7,10-12,15H,8-9H2,1-5H3,(H,24,26). The second kappa shape index (κ2) is 8.98. The summed E-state index contributed by atoms with van der Waals surface area (Å²) in [6, 6.07) is 7.18. The molecule has 30 heavy (non-hydrogen) atoms. The van der Waals surface area contributed by atoms with Gasteiger partial charge in [-0.15, -0.1) is 0 Å². The highest BCUT2D eigenvalue weighted by molar-refractivity contribution is 5.95. The Morgan fingerprint density at radius 2 is 1.67 bits per heavy atom. The molecular weight excluding hydrogens is 384 g/mol. The first-order valence-electron chi connectivity index (χ1n) is 9.68. The molecule has 2 aromatic carbocycles. The maximum absolute atomic E-state index is 12.6. The fourth-order valence-electron chi connectivity index (χ4n) is 3.50. The van der Waals surface area contributed by atoms with Crippen molar-refractivity contribution in [3.8, 4) is 17.2 Å². The number of amides is 2. The molecule has 0 bridgehead atoms. The molecule has 0 spiro atoms. The second-order valence-electron chi connectivity index (χ2n) is 7.14. The SMILES string of the molecule is COc1cc(C(=O)NCCC2C=c3c(C)ccc(C)c3=NC2=O)cc(OC)c1OC. The molecule has 0 radical (unpaired) electrons. The number of methoxy groups -OCH3 is 3. The summed E-state index contributed by atoms with van der Waals surface area (Å²) in [6.45, 7) is 4.28. The Bertz CT molecular complexity index is 1080. The Hall–Kier alpha value is -3.35. The van der Waals surface area contributed by atoms with Gasteiger partial charge in [-0.05, 0) is 43.5 Å². The normalized spacial score (nSPS) is 14.8. The highest BCUT2D eigenvalue weighted by atomic mass is 16.5. The molecular formula is C23H26N2O5. The van der Waals surface area contributed by atoms with Gasteiger partial charge in [-0.1, -0.05) is 18.2 Å². The molecule has 0 aliphatic carbocycles. The van der Waals surface area contributed by atoms with Crippen molar-refractivity contribution in [2.75, 3.05) is 27.9 Å². The monoisotopic (exact) mass is 410 g/mol. The van der Waals surface area contributed by atoms with Crippen molar-refractivity contribution < 1.29 is 23.8 Å². The third-order valence-electron chi connectivity index (χ3n) is 5.21. The Kier molecular flexibility index (Phi) is 6.40. The third kappa shape index (κ3) is 4.15. The lowest BCUT2D eigenvalue weighted by atomic mass is 9.97. The third-order valence-corrected chi connectivity index (χ3v) is 5.21. The van der Waals surface area contributed by atoms with E-state index >= 15 is 0 Å². The zero-order valence-corrected chi connectivity index (χ0v) is 17.9. The number of nitrogens with one attached hydrogen (secondary N) is 1. The van der Waals surface area contributed by atoms with Crippen LogP contribution in [-0.2, 0) is 4.79 Å². The largest absolute Gasteiger partial charge is 0.493 e. The lowest BCUT2D eigenvalue weighted by molar-refractivity contribution is -0.120. The van der Waals surface area contributed by atoms with Gasteiger partial charge in [0.05, 0.1) is 32.6 Å². The van der Waals surface area contributed by atoms with Gasteiger partial charge in [-0.2, -0.15) is 0 Å². The molecule has 1 heterocycles. The molecule has 7 heteroatoms. The van der Waals surface area contributed by atoms with E-state index in [1.165, 1.54) is 21.3 Å². The number of benzene rings is 2. The Morgan fingerprint density at radius 1 is 1.03 bits per heavy atom. The molecule has 0 saturated heterocycles. The van der Waals surface area contributed by atoms with Gasteiger partial charge in [0.2, 0.25) is 5.75 Å². The number of fused-ring (bicyclic) bond motifs is 1. The molecule has 158 valence electrons. The molecule has 3 rings (SSSR count). The predicted molar refractivity (Wildman–Crippen MR) is 113 cm³/mol. The van der Waals surface area contributed by atoms with Crippen molar-refractivity contribution in [2.24, 2.45) is 10.9 Å². The van der Waals surface area contributed by atoms with Crippen molar-refractivity contribution in [1.82, 2.24) is 5.32 Å². The molecule has 1 aliphatic rings. The number of hydrogen-bond donors (Lipinski definition) is 1. The van der Waals surface area contributed by atoms with E-state index in [0.29, 0.717) is 35.8 Å². The molecule has 0 fully saturated rings. The van der Waals surface area contributed by atoms with Gasteiger partial charge in [-0.3, -0.25) is 9.59 Å². The number of rotatable bonds is 7. The number of aryl methyl sites for hydroxylation is 2. The van der Waals surface area contributed by atoms with Crippen molar-refractivity contribution in [3.63, 3.8) is 0 Å². The Labute approximate surface area is 175 Å². The van der Waals surface area contributed by atoms with Gasteiger partial charge in [0.1, 0.15) is 0 Å². The van der Waals surface area contributed by atoms with Crippen LogP contribution in [0, 0.1) is 19.8 Å². The van der Waals surface area contributed by atoms with Gasteiger partial charge in [0.15, 0.2) is 11.5 Å². The number of carbonyl (C=O) groups is 2. The van der Waals surface area contributed by atoms with Crippen LogP contribution in [0.2, 0.25) is 0 Å². The molecule has 1 unspecified atom stereocenters. The molecule has 1 atom stereocenters. The predicted octanol–water partition coefficient (Wildman–Crippen LogP) is 1.71. The van der Waals surface area contributed by atoms with E-state index < -0.39 is 0 Å². The molecule has 2 amide bonds. The average Bonchev–Trinajstić information content (AvgIpc) is 2.75. The Morgan fingerprint density at radius 3 is 2.27 bits per heavy atom. The first-order chi connectivity index (χ1) is 14.4. The summed E-state index contributed by atoms with van der Waals surface area (Å²) in [5, 5.41) is 4.60. The number of nitrogens with zero attached hydrogens (tertiary/aromatic N) is 1. The zero-order valence-electron chi connectivity index (χ0n) is 17.9. The second-order valence-corrected chi connectivity index (χ2v) is 7.14. The number of ether oxygens (including phenoxy) is 3. The lowest BCUT2D eigenvalue weighted by Crippen LogP contribution is -2.38. The average molecular weight is 410 g/mol. The summed E-state index contributed by atoms with van der Waals surface area (Å²) < 4.78 is 15.9. The fourth-order valence-corrected chi connectivity index (χ4v) is 3.50. The Balaban J connectivity index is 1.73. The lowest BCUT2D eigenvalue weighted by Gasteiger charge is -2.16. The zero-order chi connectivity index (χ0) is 21.8. The molecule has 2 aromatic rings. The van der Waals surface area contributed by atoms with Gasteiger partial charge in [0.25, 0.3) is 11.8 Å². The van der Waals surface area contributed by atoms with E-state index in [4.69, 9.17) is 14.2 Å². The summed E-state index contributed by atoms with van der Waals surface area (Å²) >= 11 is 0. The molecule has 0 saturated carbocycles. The van der Waals surface area contributed by atoms with E-state index in [2.05, 4.69) is 10.3 Å². The van der Waals surface area contributed by atoms with Crippen LogP contribution in [-0.4, -0.2) is 39.7 Å². The molecule has 1 aliphatic heterocycles. The highest BCUT2D eigenvalue weighted by Crippen LogP contribution is 2.38. The number of hydrogen-bond acceptors (Lipinski definition) is 5. The maximum Gasteiger partial charge on any atom is 0.253 e. The van der Waals surface area contributed by atoms with Gasteiger partial charge in [0, 0.05) is 17.3 Å². The van der Waals surface area contributed by atoms with E-state index in [9.17, 15) is 9.59 Å². The smallest absolute Gasteiger partial charge is 0.253 e. The van der Waals surface area contributed by atoms with Crippen LogP contribution in [0.4, 0.5) is 0 Å². The first kappa shape index (κ1) is 21.4. The van der Waals surface area contributed by atoms with Crippen LogP contribution in [0.1, 0.15) is 27.9 Å². The first-order valence-corrected chi connectivity index (χ1v) is 9.68. The molecule has 7 nitrogen and oxygen atoms in total. The van der Waals surface area contributed by atoms with Crippen molar-refractivity contribution in [3.05, 3.63) is 51.5 Å². The van der Waals surface area contributed by atoms with E-state index in [0.717, 1.165) is 21.7 Å². The van der Waals surface area contributed by atoms with Crippen LogP contribution in [0.15, 0.2) is 29.3 Å². The van der Waals surface area contributed by atoms with Crippen LogP contribution in [0.3, 0.4) is 0 Å². The summed E-state index contributed by atoms with van der Waals surface area (Å²) in [5.41, 5.74) is 2.44. The van der Waals surface area contributed by atoms with Crippen LogP contribution in [0.25, 0.3) is 6.08 Å². The maximum atomic E-state index is 12.6. The summed E-state index contributed by atoms with van der Waals surface area (Å²) in [4.78, 5) is 29.3. The minimum absolute atomic E-state index is 0.182.